The number of ether oxygens (including phenoxy) is 1. The Morgan fingerprint density at radius 1 is 1.42 bits per heavy atom. The lowest BCUT2D eigenvalue weighted by Crippen LogP contribution is -2.08. The van der Waals surface area contributed by atoms with Gasteiger partial charge >= 0.3 is 0 Å². The predicted octanol–water partition coefficient (Wildman–Crippen LogP) is 3.59. The van der Waals surface area contributed by atoms with Crippen LogP contribution in [0.5, 0.6) is 5.88 Å². The molecule has 1 aromatic heterocycles. The van der Waals surface area contributed by atoms with E-state index in [9.17, 15) is 0 Å². The van der Waals surface area contributed by atoms with Crippen LogP contribution in [0, 0.1) is 6.92 Å². The van der Waals surface area contributed by atoms with Crippen molar-refractivity contribution in [2.75, 3.05) is 5.73 Å². The number of benzene rings is 1. The Hall–Kier alpha value is -1.68. The van der Waals surface area contributed by atoms with Crippen LogP contribution in [0.15, 0.2) is 24.3 Å². The summed E-state index contributed by atoms with van der Waals surface area (Å²) in [5.41, 5.74) is 8.38. The minimum absolute atomic E-state index is 0.199. The molecule has 0 bridgehead atoms. The summed E-state index contributed by atoms with van der Waals surface area (Å²) in [6, 6.07) is 7.77. The number of aromatic nitrogens is 2. The lowest BCUT2D eigenvalue weighted by molar-refractivity contribution is 0.266. The molecule has 5 heteroatoms. The molecule has 19 heavy (non-hydrogen) atoms. The van der Waals surface area contributed by atoms with Gasteiger partial charge in [-0.1, -0.05) is 23.7 Å². The van der Waals surface area contributed by atoms with Gasteiger partial charge in [-0.05, 0) is 38.5 Å². The first kappa shape index (κ1) is 13.7. The number of anilines is 1. The highest BCUT2D eigenvalue weighted by molar-refractivity contribution is 6.30. The quantitative estimate of drug-likeness (QED) is 0.930. The van der Waals surface area contributed by atoms with E-state index in [0.29, 0.717) is 23.2 Å². The summed E-state index contributed by atoms with van der Waals surface area (Å²) in [7, 11) is 0. The first-order chi connectivity index (χ1) is 8.99. The zero-order valence-electron chi connectivity index (χ0n) is 11.4. The van der Waals surface area contributed by atoms with Crippen LogP contribution in [-0.4, -0.2) is 9.78 Å². The summed E-state index contributed by atoms with van der Waals surface area (Å²) in [5.74, 6) is 0.618. The lowest BCUT2D eigenvalue weighted by atomic mass is 10.2. The van der Waals surface area contributed by atoms with Crippen LogP contribution in [-0.2, 0) is 6.61 Å². The largest absolute Gasteiger partial charge is 0.471 e. The Morgan fingerprint density at radius 3 is 2.79 bits per heavy atom. The van der Waals surface area contributed by atoms with Crippen molar-refractivity contribution >= 4 is 17.3 Å². The molecule has 0 saturated heterocycles. The molecule has 0 amide bonds. The Kier molecular flexibility index (Phi) is 4.00. The highest BCUT2D eigenvalue weighted by atomic mass is 35.5. The van der Waals surface area contributed by atoms with Crippen molar-refractivity contribution in [3.63, 3.8) is 0 Å². The van der Waals surface area contributed by atoms with E-state index in [1.54, 1.807) is 4.68 Å². The smallest absolute Gasteiger partial charge is 0.236 e. The fraction of sp³-hybridized carbons (Fsp3) is 0.357. The molecular formula is C14H18ClN3O. The van der Waals surface area contributed by atoms with E-state index in [0.717, 1.165) is 11.3 Å². The summed E-state index contributed by atoms with van der Waals surface area (Å²) in [4.78, 5) is 0. The Labute approximate surface area is 118 Å². The number of nitrogens with two attached hydrogens (primary N) is 1. The maximum atomic E-state index is 6.00. The number of hydrogen-bond donors (Lipinski definition) is 1. The molecule has 102 valence electrons. The molecule has 0 saturated carbocycles. The van der Waals surface area contributed by atoms with Gasteiger partial charge in [-0.3, -0.25) is 0 Å². The SMILES string of the molecule is Cc1nn(C(C)C)c(OCc2cccc(Cl)c2)c1N. The van der Waals surface area contributed by atoms with Gasteiger partial charge in [0, 0.05) is 5.02 Å². The van der Waals surface area contributed by atoms with Gasteiger partial charge in [-0.2, -0.15) is 5.10 Å². The maximum Gasteiger partial charge on any atom is 0.236 e. The zero-order chi connectivity index (χ0) is 14.0. The molecule has 1 heterocycles. The molecule has 0 spiro atoms. The molecule has 0 aliphatic heterocycles. The molecule has 2 N–H and O–H groups in total. The number of hydrogen-bond acceptors (Lipinski definition) is 3. The van der Waals surface area contributed by atoms with Crippen molar-refractivity contribution in [2.45, 2.75) is 33.4 Å². The monoisotopic (exact) mass is 279 g/mol. The lowest BCUT2D eigenvalue weighted by Gasteiger charge is -2.12. The molecule has 2 aromatic rings. The Morgan fingerprint density at radius 2 is 2.16 bits per heavy atom. The molecule has 0 atom stereocenters. The summed E-state index contributed by atoms with van der Waals surface area (Å²) < 4.78 is 7.61. The van der Waals surface area contributed by atoms with Crippen LogP contribution >= 0.6 is 11.6 Å². The normalized spacial score (nSPS) is 11.0. The third kappa shape index (κ3) is 3.01. The molecule has 4 nitrogen and oxygen atoms in total. The average molecular weight is 280 g/mol. The number of halogens is 1. The van der Waals surface area contributed by atoms with E-state index >= 15 is 0 Å². The molecule has 2 rings (SSSR count). The third-order valence-electron chi connectivity index (χ3n) is 2.84. The first-order valence-electron chi connectivity index (χ1n) is 6.21. The standard InChI is InChI=1S/C14H18ClN3O/c1-9(2)18-14(13(16)10(3)17-18)19-8-11-5-4-6-12(15)7-11/h4-7,9H,8,16H2,1-3H3. The van der Waals surface area contributed by atoms with Crippen molar-refractivity contribution in [1.29, 1.82) is 0 Å². The molecule has 0 unspecified atom stereocenters. The van der Waals surface area contributed by atoms with E-state index in [2.05, 4.69) is 5.10 Å². The second kappa shape index (κ2) is 5.53. The minimum Gasteiger partial charge on any atom is -0.471 e. The second-order valence-corrected chi connectivity index (χ2v) is 5.20. The van der Waals surface area contributed by atoms with E-state index < -0.39 is 0 Å². The number of rotatable bonds is 4. The highest BCUT2D eigenvalue weighted by Gasteiger charge is 2.16. The average Bonchev–Trinajstić information content (AvgIpc) is 2.64. The Balaban J connectivity index is 2.19. The fourth-order valence-electron chi connectivity index (χ4n) is 1.81. The second-order valence-electron chi connectivity index (χ2n) is 4.76. The van der Waals surface area contributed by atoms with Gasteiger partial charge in [0.15, 0.2) is 0 Å². The van der Waals surface area contributed by atoms with Gasteiger partial charge in [-0.15, -0.1) is 0 Å². The van der Waals surface area contributed by atoms with Gasteiger partial charge in [0.1, 0.15) is 12.3 Å². The van der Waals surface area contributed by atoms with Gasteiger partial charge < -0.3 is 10.5 Å². The summed E-state index contributed by atoms with van der Waals surface area (Å²) >= 11 is 5.95. The highest BCUT2D eigenvalue weighted by Crippen LogP contribution is 2.28. The van der Waals surface area contributed by atoms with Gasteiger partial charge in [0.05, 0.1) is 11.7 Å². The molecule has 0 fully saturated rings. The molecule has 0 aliphatic carbocycles. The maximum absolute atomic E-state index is 6.00. The van der Waals surface area contributed by atoms with Crippen molar-refractivity contribution in [1.82, 2.24) is 9.78 Å². The molecule has 0 aliphatic rings. The van der Waals surface area contributed by atoms with E-state index in [1.165, 1.54) is 0 Å². The van der Waals surface area contributed by atoms with E-state index in [4.69, 9.17) is 22.1 Å². The van der Waals surface area contributed by atoms with Crippen molar-refractivity contribution in [3.05, 3.63) is 40.5 Å². The number of aryl methyl sites for hydroxylation is 1. The summed E-state index contributed by atoms with van der Waals surface area (Å²) in [5, 5.41) is 5.08. The van der Waals surface area contributed by atoms with Crippen molar-refractivity contribution in [3.8, 4) is 5.88 Å². The summed E-state index contributed by atoms with van der Waals surface area (Å²) in [6.45, 7) is 6.37. The van der Waals surface area contributed by atoms with Gasteiger partial charge in [0.25, 0.3) is 0 Å². The molecular weight excluding hydrogens is 262 g/mol. The zero-order valence-corrected chi connectivity index (χ0v) is 12.1. The minimum atomic E-state index is 0.199. The van der Waals surface area contributed by atoms with E-state index in [-0.39, 0.29) is 6.04 Å². The predicted molar refractivity (Wildman–Crippen MR) is 77.5 cm³/mol. The topological polar surface area (TPSA) is 53.1 Å². The van der Waals surface area contributed by atoms with Crippen LogP contribution in [0.2, 0.25) is 5.02 Å². The van der Waals surface area contributed by atoms with Gasteiger partial charge in [0.2, 0.25) is 5.88 Å². The van der Waals surface area contributed by atoms with Crippen LogP contribution in [0.25, 0.3) is 0 Å². The Bertz CT molecular complexity index is 578. The summed E-state index contributed by atoms with van der Waals surface area (Å²) in [6.07, 6.45) is 0. The van der Waals surface area contributed by atoms with Crippen LogP contribution in [0.3, 0.4) is 0 Å². The van der Waals surface area contributed by atoms with Crippen LogP contribution in [0.1, 0.15) is 31.1 Å². The first-order valence-corrected chi connectivity index (χ1v) is 6.58. The third-order valence-corrected chi connectivity index (χ3v) is 3.07. The van der Waals surface area contributed by atoms with E-state index in [1.807, 2.05) is 45.0 Å². The fourth-order valence-corrected chi connectivity index (χ4v) is 2.02. The van der Waals surface area contributed by atoms with Crippen LogP contribution in [0.4, 0.5) is 5.69 Å². The molecule has 0 radical (unpaired) electrons. The van der Waals surface area contributed by atoms with Crippen molar-refractivity contribution in [2.24, 2.45) is 0 Å². The molecule has 1 aromatic carbocycles. The number of nitrogen functional groups attached to an aromatic ring is 1. The van der Waals surface area contributed by atoms with Crippen molar-refractivity contribution < 1.29 is 4.74 Å². The number of nitrogens with zero attached hydrogens (tertiary/aromatic N) is 2. The van der Waals surface area contributed by atoms with Crippen LogP contribution < -0.4 is 10.5 Å². The van der Waals surface area contributed by atoms with Gasteiger partial charge in [-0.25, -0.2) is 4.68 Å².